The van der Waals surface area contributed by atoms with Crippen molar-refractivity contribution in [2.45, 2.75) is 0 Å². The van der Waals surface area contributed by atoms with Crippen LogP contribution in [-0.4, -0.2) is 43.9 Å². The number of nitrogens with one attached hydrogen (secondary N) is 2. The Morgan fingerprint density at radius 2 is 1.86 bits per heavy atom. The minimum absolute atomic E-state index is 0.0834. The number of nitrogens with zero attached hydrogens (tertiary/aromatic N) is 1. The summed E-state index contributed by atoms with van der Waals surface area (Å²) < 4.78 is 10.0. The van der Waals surface area contributed by atoms with Crippen molar-refractivity contribution in [3.8, 4) is 17.2 Å². The predicted octanol–water partition coefficient (Wildman–Crippen LogP) is 1.69. The molecule has 0 bridgehead atoms. The molecular weight excluding hydrogens is 362 g/mol. The fraction of sp³-hybridized carbons (Fsp3) is 0.150. The topological polar surface area (TPSA) is 109 Å². The maximum absolute atomic E-state index is 11.8. The minimum atomic E-state index is -0.509. The van der Waals surface area contributed by atoms with Crippen LogP contribution < -0.4 is 20.2 Å². The molecule has 2 aromatic carbocycles. The lowest BCUT2D eigenvalue weighted by atomic mass is 10.2. The third kappa shape index (κ3) is 6.17. The number of rotatable bonds is 8. The zero-order chi connectivity index (χ0) is 20.4. The molecular formula is C20H21N3O5. The number of hydrogen-bond acceptors (Lipinski definition) is 6. The number of ether oxygens (including phenoxy) is 2. The van der Waals surface area contributed by atoms with Gasteiger partial charge >= 0.3 is 0 Å². The maximum Gasteiger partial charge on any atom is 0.259 e. The summed E-state index contributed by atoms with van der Waals surface area (Å²) in [6, 6.07) is 12.1. The number of benzene rings is 2. The summed E-state index contributed by atoms with van der Waals surface area (Å²) in [7, 11) is 3.01. The molecule has 0 spiro atoms. The van der Waals surface area contributed by atoms with Crippen LogP contribution in [0, 0.1) is 0 Å². The molecule has 0 saturated heterocycles. The zero-order valence-corrected chi connectivity index (χ0v) is 15.5. The van der Waals surface area contributed by atoms with Gasteiger partial charge in [0, 0.05) is 11.6 Å². The number of carbonyl (C=O) groups is 2. The summed E-state index contributed by atoms with van der Waals surface area (Å²) in [5.74, 6) is 0.0115. The second-order valence-electron chi connectivity index (χ2n) is 5.52. The van der Waals surface area contributed by atoms with Crippen molar-refractivity contribution < 1.29 is 24.2 Å². The third-order valence-corrected chi connectivity index (χ3v) is 3.61. The van der Waals surface area contributed by atoms with Crippen LogP contribution in [0.2, 0.25) is 0 Å². The molecule has 0 fully saturated rings. The molecule has 0 saturated carbocycles. The molecule has 2 amide bonds. The Morgan fingerprint density at radius 1 is 1.11 bits per heavy atom. The highest BCUT2D eigenvalue weighted by atomic mass is 16.5. The van der Waals surface area contributed by atoms with E-state index in [4.69, 9.17) is 9.47 Å². The summed E-state index contributed by atoms with van der Waals surface area (Å²) in [6.45, 7) is -0.243. The smallest absolute Gasteiger partial charge is 0.259 e. The van der Waals surface area contributed by atoms with Crippen molar-refractivity contribution in [2.24, 2.45) is 5.10 Å². The molecule has 2 rings (SSSR count). The lowest BCUT2D eigenvalue weighted by molar-refractivity contribution is -0.123. The molecule has 0 aliphatic heterocycles. The molecule has 0 unspecified atom stereocenters. The molecule has 3 N–H and O–H groups in total. The number of hydrazone groups is 1. The molecule has 0 heterocycles. The van der Waals surface area contributed by atoms with E-state index in [1.165, 1.54) is 19.4 Å². The van der Waals surface area contributed by atoms with E-state index in [1.807, 2.05) is 0 Å². The molecule has 0 aliphatic rings. The molecule has 0 aliphatic carbocycles. The second-order valence-corrected chi connectivity index (χ2v) is 5.52. The van der Waals surface area contributed by atoms with Crippen LogP contribution in [0.15, 0.2) is 53.6 Å². The van der Waals surface area contributed by atoms with Gasteiger partial charge in [0.1, 0.15) is 5.75 Å². The van der Waals surface area contributed by atoms with Crippen LogP contribution >= 0.6 is 0 Å². The van der Waals surface area contributed by atoms with Crippen molar-refractivity contribution in [2.75, 3.05) is 20.8 Å². The number of carbonyl (C=O) groups excluding carboxylic acids is 2. The van der Waals surface area contributed by atoms with Gasteiger partial charge in [-0.05, 0) is 35.9 Å². The van der Waals surface area contributed by atoms with E-state index in [9.17, 15) is 14.7 Å². The first kappa shape index (κ1) is 20.5. The van der Waals surface area contributed by atoms with Gasteiger partial charge in [0.05, 0.1) is 27.0 Å². The van der Waals surface area contributed by atoms with E-state index in [0.29, 0.717) is 11.3 Å². The van der Waals surface area contributed by atoms with Gasteiger partial charge in [-0.3, -0.25) is 9.59 Å². The first-order valence-electron chi connectivity index (χ1n) is 8.31. The number of para-hydroxylation sites is 1. The SMILES string of the molecule is COc1ccc(C=CC(=O)NCC(=O)N/N=C/c2cccc(OC)c2O)cc1. The number of methoxy groups -OCH3 is 2. The average Bonchev–Trinajstić information content (AvgIpc) is 2.72. The van der Waals surface area contributed by atoms with Gasteiger partial charge in [0.25, 0.3) is 5.91 Å². The van der Waals surface area contributed by atoms with Crippen molar-refractivity contribution >= 4 is 24.1 Å². The monoisotopic (exact) mass is 383 g/mol. The van der Waals surface area contributed by atoms with E-state index in [2.05, 4.69) is 15.8 Å². The Labute approximate surface area is 162 Å². The van der Waals surface area contributed by atoms with Gasteiger partial charge in [-0.25, -0.2) is 5.43 Å². The van der Waals surface area contributed by atoms with Crippen molar-refractivity contribution in [1.29, 1.82) is 0 Å². The second kappa shape index (κ2) is 10.4. The number of amides is 2. The third-order valence-electron chi connectivity index (χ3n) is 3.61. The Morgan fingerprint density at radius 3 is 2.54 bits per heavy atom. The number of phenols is 1. The predicted molar refractivity (Wildman–Crippen MR) is 105 cm³/mol. The normalized spacial score (nSPS) is 10.8. The van der Waals surface area contributed by atoms with Gasteiger partial charge in [-0.2, -0.15) is 5.10 Å². The molecule has 2 aromatic rings. The fourth-order valence-electron chi connectivity index (χ4n) is 2.13. The largest absolute Gasteiger partial charge is 0.504 e. The van der Waals surface area contributed by atoms with Gasteiger partial charge in [0.2, 0.25) is 5.91 Å². The molecule has 8 heteroatoms. The molecule has 28 heavy (non-hydrogen) atoms. The highest BCUT2D eigenvalue weighted by molar-refractivity contribution is 5.94. The highest BCUT2D eigenvalue weighted by Crippen LogP contribution is 2.27. The summed E-state index contributed by atoms with van der Waals surface area (Å²) >= 11 is 0. The van der Waals surface area contributed by atoms with E-state index in [0.717, 1.165) is 11.3 Å². The highest BCUT2D eigenvalue weighted by Gasteiger charge is 2.05. The Bertz CT molecular complexity index is 876. The number of hydrogen-bond donors (Lipinski definition) is 3. The maximum atomic E-state index is 11.8. The lowest BCUT2D eigenvalue weighted by Crippen LogP contribution is -2.34. The van der Waals surface area contributed by atoms with E-state index < -0.39 is 11.8 Å². The Kier molecular flexibility index (Phi) is 7.59. The van der Waals surface area contributed by atoms with Crippen molar-refractivity contribution in [3.63, 3.8) is 0 Å². The number of phenolic OH excluding ortho intramolecular Hbond substituents is 1. The van der Waals surface area contributed by atoms with Crippen LogP contribution in [-0.2, 0) is 9.59 Å². The van der Waals surface area contributed by atoms with Gasteiger partial charge in [0.15, 0.2) is 11.5 Å². The van der Waals surface area contributed by atoms with Gasteiger partial charge in [-0.15, -0.1) is 0 Å². The lowest BCUT2D eigenvalue weighted by Gasteiger charge is -2.05. The summed E-state index contributed by atoms with van der Waals surface area (Å²) in [5.41, 5.74) is 3.47. The average molecular weight is 383 g/mol. The summed E-state index contributed by atoms with van der Waals surface area (Å²) in [4.78, 5) is 23.5. The minimum Gasteiger partial charge on any atom is -0.504 e. The molecule has 0 aromatic heterocycles. The van der Waals surface area contributed by atoms with Gasteiger partial charge in [-0.1, -0.05) is 18.2 Å². The Balaban J connectivity index is 1.78. The van der Waals surface area contributed by atoms with Crippen LogP contribution in [0.25, 0.3) is 6.08 Å². The summed E-state index contributed by atoms with van der Waals surface area (Å²) in [6.07, 6.45) is 4.23. The fourth-order valence-corrected chi connectivity index (χ4v) is 2.13. The number of aromatic hydroxyl groups is 1. The zero-order valence-electron chi connectivity index (χ0n) is 15.5. The van der Waals surface area contributed by atoms with Gasteiger partial charge < -0.3 is 19.9 Å². The molecule has 8 nitrogen and oxygen atoms in total. The quantitative estimate of drug-likeness (QED) is 0.365. The van der Waals surface area contributed by atoms with Crippen molar-refractivity contribution in [3.05, 3.63) is 59.7 Å². The van der Waals surface area contributed by atoms with Crippen LogP contribution in [0.3, 0.4) is 0 Å². The molecule has 0 radical (unpaired) electrons. The first-order chi connectivity index (χ1) is 13.5. The molecule has 146 valence electrons. The van der Waals surface area contributed by atoms with E-state index in [-0.39, 0.29) is 12.3 Å². The van der Waals surface area contributed by atoms with E-state index in [1.54, 1.807) is 55.7 Å². The standard InChI is InChI=1S/C20H21N3O5/c1-27-16-9-6-14(7-10-16)8-11-18(24)21-13-19(25)23-22-12-15-4-3-5-17(28-2)20(15)26/h3-12,26H,13H2,1-2H3,(H,21,24)(H,23,25)/b11-8?,22-12+. The van der Waals surface area contributed by atoms with Crippen LogP contribution in [0.4, 0.5) is 0 Å². The van der Waals surface area contributed by atoms with Crippen LogP contribution in [0.1, 0.15) is 11.1 Å². The summed E-state index contributed by atoms with van der Waals surface area (Å²) in [5, 5.41) is 16.1. The van der Waals surface area contributed by atoms with Crippen LogP contribution in [0.5, 0.6) is 17.2 Å². The van der Waals surface area contributed by atoms with Crippen molar-refractivity contribution in [1.82, 2.24) is 10.7 Å². The Hall–Kier alpha value is -3.81. The van der Waals surface area contributed by atoms with E-state index >= 15 is 0 Å². The molecule has 0 atom stereocenters. The first-order valence-corrected chi connectivity index (χ1v) is 8.31.